The standard InChI is InChI=1S/C54H43N3Si/c1-58(2)52-38-47(55(41-21-9-3-10-22-41)42-23-11-4-12-24-42)33-34-50(52)51-37-48(56(43-25-13-5-14-26-43)44-27-15-6-16-28-44)35-40-36-49(39-53(58)54(40)51)57(45-29-17-7-18-30-45)46-31-19-8-20-32-46/h3-39H,1-2H3. The van der Waals surface area contributed by atoms with Gasteiger partial charge in [0, 0.05) is 51.2 Å². The molecule has 278 valence electrons. The highest BCUT2D eigenvalue weighted by Crippen LogP contribution is 2.45. The van der Waals surface area contributed by atoms with Gasteiger partial charge in [-0.3, -0.25) is 0 Å². The molecule has 0 unspecified atom stereocenters. The minimum Gasteiger partial charge on any atom is -0.311 e. The predicted molar refractivity (Wildman–Crippen MR) is 250 cm³/mol. The van der Waals surface area contributed by atoms with E-state index >= 15 is 0 Å². The maximum absolute atomic E-state index is 2.54. The molecule has 10 rings (SSSR count). The van der Waals surface area contributed by atoms with E-state index < -0.39 is 8.07 Å². The van der Waals surface area contributed by atoms with Crippen molar-refractivity contribution in [2.45, 2.75) is 13.1 Å². The van der Waals surface area contributed by atoms with Crippen LogP contribution in [0, 0.1) is 0 Å². The Hall–Kier alpha value is -7.14. The van der Waals surface area contributed by atoms with Gasteiger partial charge in [0.1, 0.15) is 8.07 Å². The minimum atomic E-state index is -2.36. The Morgan fingerprint density at radius 3 is 0.983 bits per heavy atom. The van der Waals surface area contributed by atoms with Gasteiger partial charge >= 0.3 is 0 Å². The lowest BCUT2D eigenvalue weighted by molar-refractivity contribution is 1.28. The Bertz CT molecular complexity index is 2720. The highest BCUT2D eigenvalue weighted by molar-refractivity contribution is 7.03. The molecule has 1 aliphatic heterocycles. The number of fused-ring (bicyclic) bond motifs is 2. The molecule has 9 aromatic rings. The second kappa shape index (κ2) is 14.7. The van der Waals surface area contributed by atoms with Crippen molar-refractivity contribution in [3.63, 3.8) is 0 Å². The topological polar surface area (TPSA) is 9.72 Å². The number of hydrogen-bond donors (Lipinski definition) is 0. The quantitative estimate of drug-likeness (QED) is 0.136. The third kappa shape index (κ3) is 6.25. The van der Waals surface area contributed by atoms with E-state index in [0.29, 0.717) is 0 Å². The lowest BCUT2D eigenvalue weighted by atomic mass is 9.94. The van der Waals surface area contributed by atoms with E-state index in [1.807, 2.05) is 0 Å². The number of benzene rings is 9. The van der Waals surface area contributed by atoms with Crippen LogP contribution in [0.4, 0.5) is 51.2 Å². The molecule has 4 heteroatoms. The molecular formula is C54H43N3Si. The van der Waals surface area contributed by atoms with Gasteiger partial charge in [-0.25, -0.2) is 0 Å². The van der Waals surface area contributed by atoms with Gasteiger partial charge in [0.2, 0.25) is 0 Å². The monoisotopic (exact) mass is 761 g/mol. The molecule has 0 bridgehead atoms. The maximum Gasteiger partial charge on any atom is 0.114 e. The number of nitrogens with zero attached hydrogens (tertiary/aromatic N) is 3. The molecule has 0 fully saturated rings. The van der Waals surface area contributed by atoms with Crippen LogP contribution >= 0.6 is 0 Å². The molecule has 0 aliphatic carbocycles. The third-order valence-corrected chi connectivity index (χ3v) is 15.0. The average Bonchev–Trinajstić information content (AvgIpc) is 3.28. The van der Waals surface area contributed by atoms with Crippen molar-refractivity contribution in [2.24, 2.45) is 0 Å². The van der Waals surface area contributed by atoms with Crippen molar-refractivity contribution in [2.75, 3.05) is 14.7 Å². The summed E-state index contributed by atoms with van der Waals surface area (Å²) in [6.07, 6.45) is 0. The number of hydrogen-bond acceptors (Lipinski definition) is 3. The SMILES string of the molecule is C[Si]1(C)c2cc(N(c3ccccc3)c3ccccc3)ccc2-c2cc(N(c3ccccc3)c3ccccc3)cc3cc(N(c4ccccc4)c4ccccc4)cc1c23. The first-order chi connectivity index (χ1) is 28.5. The second-order valence-corrected chi connectivity index (χ2v) is 19.8. The Labute approximate surface area is 342 Å². The van der Waals surface area contributed by atoms with E-state index in [0.717, 1.165) is 51.2 Å². The van der Waals surface area contributed by atoms with Crippen LogP contribution in [0.15, 0.2) is 224 Å². The van der Waals surface area contributed by atoms with E-state index in [1.165, 1.54) is 32.3 Å². The first-order valence-corrected chi connectivity index (χ1v) is 23.0. The zero-order valence-corrected chi connectivity index (χ0v) is 33.7. The molecule has 1 aliphatic rings. The van der Waals surface area contributed by atoms with Crippen LogP contribution in [-0.4, -0.2) is 8.07 Å². The zero-order chi connectivity index (χ0) is 39.1. The van der Waals surface area contributed by atoms with E-state index in [-0.39, 0.29) is 0 Å². The molecule has 0 amide bonds. The predicted octanol–water partition coefficient (Wildman–Crippen LogP) is 14.1. The molecular weight excluding hydrogens is 719 g/mol. The molecule has 0 saturated heterocycles. The summed E-state index contributed by atoms with van der Waals surface area (Å²) in [5, 5.41) is 5.47. The summed E-state index contributed by atoms with van der Waals surface area (Å²) in [7, 11) is -2.36. The summed E-state index contributed by atoms with van der Waals surface area (Å²) in [5.41, 5.74) is 12.8. The van der Waals surface area contributed by atoms with Crippen molar-refractivity contribution < 1.29 is 0 Å². The molecule has 0 radical (unpaired) electrons. The molecule has 0 N–H and O–H groups in total. The highest BCUT2D eigenvalue weighted by Gasteiger charge is 2.37. The van der Waals surface area contributed by atoms with Crippen LogP contribution in [0.2, 0.25) is 13.1 Å². The Kier molecular flexibility index (Phi) is 8.97. The van der Waals surface area contributed by atoms with Gasteiger partial charge in [-0.1, -0.05) is 128 Å². The van der Waals surface area contributed by atoms with Gasteiger partial charge in [-0.2, -0.15) is 0 Å². The second-order valence-electron chi connectivity index (χ2n) is 15.5. The van der Waals surface area contributed by atoms with Gasteiger partial charge in [0.15, 0.2) is 0 Å². The molecule has 3 nitrogen and oxygen atoms in total. The van der Waals surface area contributed by atoms with Crippen LogP contribution in [-0.2, 0) is 0 Å². The smallest absolute Gasteiger partial charge is 0.114 e. The minimum absolute atomic E-state index is 1.12. The fourth-order valence-electron chi connectivity index (χ4n) is 8.82. The van der Waals surface area contributed by atoms with E-state index in [2.05, 4.69) is 252 Å². The van der Waals surface area contributed by atoms with Gasteiger partial charge in [0.05, 0.1) is 0 Å². The third-order valence-electron chi connectivity index (χ3n) is 11.5. The first kappa shape index (κ1) is 35.3. The molecule has 58 heavy (non-hydrogen) atoms. The van der Waals surface area contributed by atoms with Gasteiger partial charge in [0.25, 0.3) is 0 Å². The Morgan fingerprint density at radius 2 is 0.603 bits per heavy atom. The highest BCUT2D eigenvalue weighted by atomic mass is 28.3. The van der Waals surface area contributed by atoms with Crippen molar-refractivity contribution >= 4 is 80.4 Å². The first-order valence-electron chi connectivity index (χ1n) is 20.0. The maximum atomic E-state index is 2.54. The van der Waals surface area contributed by atoms with Crippen molar-refractivity contribution in [1.29, 1.82) is 0 Å². The largest absolute Gasteiger partial charge is 0.311 e. The summed E-state index contributed by atoms with van der Waals surface area (Å²) in [4.78, 5) is 7.20. The Balaban J connectivity index is 1.26. The van der Waals surface area contributed by atoms with E-state index in [4.69, 9.17) is 0 Å². The van der Waals surface area contributed by atoms with Crippen molar-refractivity contribution in [1.82, 2.24) is 0 Å². The van der Waals surface area contributed by atoms with Crippen LogP contribution in [0.25, 0.3) is 21.9 Å². The summed E-state index contributed by atoms with van der Waals surface area (Å²) in [6.45, 7) is 5.08. The van der Waals surface area contributed by atoms with Gasteiger partial charge in [-0.05, 0) is 141 Å². The van der Waals surface area contributed by atoms with Crippen molar-refractivity contribution in [3.05, 3.63) is 224 Å². The summed E-state index contributed by atoms with van der Waals surface area (Å²) in [6, 6.07) is 81.5. The van der Waals surface area contributed by atoms with Crippen LogP contribution < -0.4 is 25.1 Å². The summed E-state index contributed by atoms with van der Waals surface area (Å²) >= 11 is 0. The van der Waals surface area contributed by atoms with Crippen LogP contribution in [0.1, 0.15) is 0 Å². The molecule has 1 heterocycles. The number of anilines is 9. The Morgan fingerprint density at radius 1 is 0.276 bits per heavy atom. The zero-order valence-electron chi connectivity index (χ0n) is 32.7. The number of rotatable bonds is 9. The molecule has 0 saturated carbocycles. The van der Waals surface area contributed by atoms with E-state index in [9.17, 15) is 0 Å². The average molecular weight is 762 g/mol. The van der Waals surface area contributed by atoms with Crippen LogP contribution in [0.5, 0.6) is 0 Å². The summed E-state index contributed by atoms with van der Waals surface area (Å²) in [5.74, 6) is 0. The molecule has 0 spiro atoms. The fourth-order valence-corrected chi connectivity index (χ4v) is 11.9. The number of para-hydroxylation sites is 6. The molecule has 0 atom stereocenters. The summed E-state index contributed by atoms with van der Waals surface area (Å²) < 4.78 is 0. The fraction of sp³-hybridized carbons (Fsp3) is 0.0370. The molecule has 9 aromatic carbocycles. The van der Waals surface area contributed by atoms with Crippen LogP contribution in [0.3, 0.4) is 0 Å². The lowest BCUT2D eigenvalue weighted by Crippen LogP contribution is -2.56. The molecule has 0 aromatic heterocycles. The normalized spacial score (nSPS) is 12.4. The van der Waals surface area contributed by atoms with Crippen molar-refractivity contribution in [3.8, 4) is 11.1 Å². The van der Waals surface area contributed by atoms with Gasteiger partial charge < -0.3 is 14.7 Å². The lowest BCUT2D eigenvalue weighted by Gasteiger charge is -2.37. The van der Waals surface area contributed by atoms with E-state index in [1.54, 1.807) is 0 Å². The van der Waals surface area contributed by atoms with Gasteiger partial charge in [-0.15, -0.1) is 0 Å².